The van der Waals surface area contributed by atoms with Gasteiger partial charge in [-0.1, -0.05) is 18.2 Å². The highest BCUT2D eigenvalue weighted by Crippen LogP contribution is 1.98. The zero-order valence-corrected chi connectivity index (χ0v) is 11.3. The Balaban J connectivity index is 1.76. The van der Waals surface area contributed by atoms with Gasteiger partial charge in [-0.2, -0.15) is 0 Å². The van der Waals surface area contributed by atoms with Gasteiger partial charge in [-0.25, -0.2) is 0 Å². The summed E-state index contributed by atoms with van der Waals surface area (Å²) in [4.78, 5) is 23.6. The maximum atomic E-state index is 11.7. The topological polar surface area (TPSA) is 111 Å². The van der Waals surface area contributed by atoms with Crippen LogP contribution in [0.25, 0.3) is 0 Å². The molecule has 110 valence electrons. The number of aromatic nitrogens is 2. The Kier molecular flexibility index (Phi) is 4.50. The Morgan fingerprint density at radius 3 is 2.38 bits per heavy atom. The molecule has 0 radical (unpaired) electrons. The first-order valence-electron chi connectivity index (χ1n) is 6.27. The Morgan fingerprint density at radius 1 is 1.19 bits per heavy atom. The lowest BCUT2D eigenvalue weighted by Crippen LogP contribution is -2.35. The molecule has 2 aromatic rings. The van der Waals surface area contributed by atoms with Crippen LogP contribution in [0.2, 0.25) is 0 Å². The summed E-state index contributed by atoms with van der Waals surface area (Å²) in [6.45, 7) is 1.89. The molecule has 1 aromatic carbocycles. The van der Waals surface area contributed by atoms with Gasteiger partial charge in [0.1, 0.15) is 0 Å². The van der Waals surface area contributed by atoms with Crippen LogP contribution in [-0.2, 0) is 0 Å². The van der Waals surface area contributed by atoms with Crippen LogP contribution in [0.1, 0.15) is 26.5 Å². The van der Waals surface area contributed by atoms with Crippen LogP contribution in [0.4, 0.5) is 0 Å². The van der Waals surface area contributed by atoms with Crippen LogP contribution >= 0.6 is 0 Å². The first-order valence-corrected chi connectivity index (χ1v) is 6.27. The largest absolute Gasteiger partial charge is 0.359 e. The maximum Gasteiger partial charge on any atom is 0.308 e. The Bertz CT molecular complexity index is 639. The Labute approximate surface area is 120 Å². The summed E-state index contributed by atoms with van der Waals surface area (Å²) in [5.74, 6) is -0.750. The van der Waals surface area contributed by atoms with Crippen molar-refractivity contribution in [3.05, 3.63) is 52.5 Å². The second-order valence-corrected chi connectivity index (χ2v) is 4.24. The molecule has 2 amide bonds. The number of hydrogen-bond donors (Lipinski definition) is 2. The molecule has 0 spiro atoms. The second kappa shape index (κ2) is 6.51. The molecule has 8 nitrogen and oxygen atoms in total. The van der Waals surface area contributed by atoms with E-state index in [1.165, 1.54) is 6.92 Å². The highest BCUT2D eigenvalue weighted by atomic mass is 16.8. The predicted molar refractivity (Wildman–Crippen MR) is 71.3 cm³/mol. The molecule has 0 aliphatic rings. The summed E-state index contributed by atoms with van der Waals surface area (Å²) in [6, 6.07) is 8.74. The number of benzene rings is 1. The lowest BCUT2D eigenvalue weighted by Gasteiger charge is -2.05. The van der Waals surface area contributed by atoms with Crippen LogP contribution in [-0.4, -0.2) is 30.1 Å². The van der Waals surface area contributed by atoms with E-state index in [9.17, 15) is 14.8 Å². The summed E-state index contributed by atoms with van der Waals surface area (Å²) in [5, 5.41) is 19.5. The summed E-state index contributed by atoms with van der Waals surface area (Å²) in [6.07, 6.45) is 0. The molecular weight excluding hydrogens is 276 g/mol. The highest BCUT2D eigenvalue weighted by molar-refractivity contribution is 5.94. The molecule has 21 heavy (non-hydrogen) atoms. The van der Waals surface area contributed by atoms with Gasteiger partial charge in [-0.05, 0) is 17.0 Å². The fraction of sp³-hybridized carbons (Fsp3) is 0.231. The van der Waals surface area contributed by atoms with Crippen molar-refractivity contribution >= 4 is 11.8 Å². The van der Waals surface area contributed by atoms with E-state index in [1.807, 2.05) is 6.07 Å². The standard InChI is InChI=1S/C13H14N4O4/c1-9-11(16-21-17(9)20)13(19)15-8-7-14-12(18)10-5-3-2-4-6-10/h2-6H,7-8H2,1H3,(H,14,18)(H,15,19). The predicted octanol–water partition coefficient (Wildman–Crippen LogP) is -0.224. The van der Waals surface area contributed by atoms with Crippen LogP contribution in [0.15, 0.2) is 35.0 Å². The van der Waals surface area contributed by atoms with Gasteiger partial charge in [-0.15, -0.1) is 0 Å². The molecular formula is C13H14N4O4. The zero-order chi connectivity index (χ0) is 15.2. The number of rotatable bonds is 5. The lowest BCUT2D eigenvalue weighted by molar-refractivity contribution is -0.806. The molecule has 0 saturated heterocycles. The van der Waals surface area contributed by atoms with E-state index in [2.05, 4.69) is 20.4 Å². The second-order valence-electron chi connectivity index (χ2n) is 4.24. The zero-order valence-electron chi connectivity index (χ0n) is 11.3. The Morgan fingerprint density at radius 2 is 1.81 bits per heavy atom. The van der Waals surface area contributed by atoms with Crippen molar-refractivity contribution in [1.29, 1.82) is 0 Å². The van der Waals surface area contributed by atoms with Crippen molar-refractivity contribution in [2.75, 3.05) is 13.1 Å². The summed E-state index contributed by atoms with van der Waals surface area (Å²) < 4.78 is 4.30. The van der Waals surface area contributed by atoms with Crippen LogP contribution < -0.4 is 15.5 Å². The van der Waals surface area contributed by atoms with Crippen LogP contribution in [0, 0.1) is 12.1 Å². The maximum absolute atomic E-state index is 11.7. The number of amides is 2. The molecule has 0 aliphatic heterocycles. The van der Waals surface area contributed by atoms with Crippen molar-refractivity contribution in [2.24, 2.45) is 0 Å². The molecule has 1 aromatic heterocycles. The van der Waals surface area contributed by atoms with Gasteiger partial charge in [0, 0.05) is 25.6 Å². The van der Waals surface area contributed by atoms with Crippen molar-refractivity contribution < 1.29 is 19.1 Å². The molecule has 0 fully saturated rings. The molecule has 0 saturated carbocycles. The van der Waals surface area contributed by atoms with Gasteiger partial charge in [-0.3, -0.25) is 14.2 Å². The fourth-order valence-electron chi connectivity index (χ4n) is 1.62. The third-order valence-electron chi connectivity index (χ3n) is 2.77. The third kappa shape index (κ3) is 3.56. The number of hydrogen-bond acceptors (Lipinski definition) is 5. The van der Waals surface area contributed by atoms with Gasteiger partial charge >= 0.3 is 11.6 Å². The summed E-state index contributed by atoms with van der Waals surface area (Å²) >= 11 is 0. The minimum absolute atomic E-state index is 0.0700. The van der Waals surface area contributed by atoms with Crippen LogP contribution in [0.3, 0.4) is 0 Å². The fourth-order valence-corrected chi connectivity index (χ4v) is 1.62. The molecule has 0 atom stereocenters. The van der Waals surface area contributed by atoms with Crippen LogP contribution in [0.5, 0.6) is 0 Å². The number of nitrogens with zero attached hydrogens (tertiary/aromatic N) is 2. The number of carbonyl (C=O) groups is 2. The van der Waals surface area contributed by atoms with E-state index in [1.54, 1.807) is 24.3 Å². The minimum Gasteiger partial charge on any atom is -0.359 e. The quantitative estimate of drug-likeness (QED) is 0.584. The molecule has 2 N–H and O–H groups in total. The van der Waals surface area contributed by atoms with E-state index in [0.717, 1.165) is 0 Å². The third-order valence-corrected chi connectivity index (χ3v) is 2.77. The van der Waals surface area contributed by atoms with Crippen molar-refractivity contribution in [2.45, 2.75) is 6.92 Å². The first-order chi connectivity index (χ1) is 10.1. The molecule has 0 bridgehead atoms. The normalized spacial score (nSPS) is 10.1. The molecule has 8 heteroatoms. The average molecular weight is 290 g/mol. The monoisotopic (exact) mass is 290 g/mol. The first kappa shape index (κ1) is 14.5. The van der Waals surface area contributed by atoms with E-state index in [0.29, 0.717) is 5.56 Å². The average Bonchev–Trinajstić information content (AvgIpc) is 2.84. The van der Waals surface area contributed by atoms with Gasteiger partial charge in [0.15, 0.2) is 0 Å². The highest BCUT2D eigenvalue weighted by Gasteiger charge is 2.22. The molecule has 1 heterocycles. The van der Waals surface area contributed by atoms with E-state index in [-0.39, 0.29) is 35.3 Å². The van der Waals surface area contributed by atoms with E-state index < -0.39 is 5.91 Å². The lowest BCUT2D eigenvalue weighted by atomic mass is 10.2. The Hall–Kier alpha value is -2.90. The van der Waals surface area contributed by atoms with Crippen molar-refractivity contribution in [1.82, 2.24) is 15.8 Å². The number of carbonyl (C=O) groups excluding carboxylic acids is 2. The van der Waals surface area contributed by atoms with E-state index >= 15 is 0 Å². The minimum atomic E-state index is -0.528. The van der Waals surface area contributed by atoms with Crippen molar-refractivity contribution in [3.63, 3.8) is 0 Å². The number of nitrogens with one attached hydrogen (secondary N) is 2. The van der Waals surface area contributed by atoms with Crippen molar-refractivity contribution in [3.8, 4) is 0 Å². The van der Waals surface area contributed by atoms with E-state index in [4.69, 9.17) is 0 Å². The SMILES string of the molecule is Cc1c(C(=O)NCCNC(=O)c2ccccc2)no[n+]1[O-]. The molecule has 2 rings (SSSR count). The van der Waals surface area contributed by atoms with Gasteiger partial charge in [0.2, 0.25) is 5.69 Å². The van der Waals surface area contributed by atoms with Gasteiger partial charge < -0.3 is 15.8 Å². The van der Waals surface area contributed by atoms with Gasteiger partial charge in [0.25, 0.3) is 5.91 Å². The smallest absolute Gasteiger partial charge is 0.308 e. The van der Waals surface area contributed by atoms with Gasteiger partial charge in [0.05, 0.1) is 5.16 Å². The molecule has 0 unspecified atom stereocenters. The summed E-state index contributed by atoms with van der Waals surface area (Å²) in [5.41, 5.74) is 0.559. The molecule has 0 aliphatic carbocycles. The summed E-state index contributed by atoms with van der Waals surface area (Å²) in [7, 11) is 0.